The maximum absolute atomic E-state index is 13.2. The Bertz CT molecular complexity index is 613. The van der Waals surface area contributed by atoms with Crippen LogP contribution in [0.3, 0.4) is 0 Å². The van der Waals surface area contributed by atoms with Crippen LogP contribution < -0.4 is 10.2 Å². The van der Waals surface area contributed by atoms with Gasteiger partial charge in [0.2, 0.25) is 0 Å². The molecule has 4 nitrogen and oxygen atoms in total. The normalized spacial score (nSPS) is 19.3. The van der Waals surface area contributed by atoms with E-state index in [1.807, 2.05) is 27.7 Å². The van der Waals surface area contributed by atoms with Crippen molar-refractivity contribution in [2.24, 2.45) is 0 Å². The van der Waals surface area contributed by atoms with Crippen LogP contribution in [-0.4, -0.2) is 31.7 Å². The second-order valence-corrected chi connectivity index (χ2v) is 7.00. The highest BCUT2D eigenvalue weighted by Gasteiger charge is 2.53. The monoisotopic (exact) mass is 360 g/mol. The standard InChI is InChI=1S/C17H24BF3O4/c1-7-22-10-23-14-11(2)12(17(19,20)21)8-9-13(14)18-24-15(3,4)16(5,6)25-18/h8-9H,7,10H2,1-6H3. The van der Waals surface area contributed by atoms with Gasteiger partial charge >= 0.3 is 13.3 Å². The van der Waals surface area contributed by atoms with E-state index in [9.17, 15) is 13.2 Å². The minimum absolute atomic E-state index is 0.0144. The quantitative estimate of drug-likeness (QED) is 0.456. The molecular weight excluding hydrogens is 336 g/mol. The van der Waals surface area contributed by atoms with Gasteiger partial charge in [-0.05, 0) is 47.6 Å². The van der Waals surface area contributed by atoms with E-state index in [4.69, 9.17) is 18.8 Å². The van der Waals surface area contributed by atoms with E-state index in [2.05, 4.69) is 0 Å². The Hall–Kier alpha value is -1.25. The van der Waals surface area contributed by atoms with Crippen LogP contribution in [0.4, 0.5) is 13.2 Å². The minimum Gasteiger partial charge on any atom is -0.468 e. The van der Waals surface area contributed by atoms with Crippen molar-refractivity contribution in [3.8, 4) is 5.75 Å². The van der Waals surface area contributed by atoms with E-state index in [1.54, 1.807) is 6.92 Å². The van der Waals surface area contributed by atoms with Gasteiger partial charge in [-0.1, -0.05) is 6.07 Å². The molecule has 1 heterocycles. The van der Waals surface area contributed by atoms with Crippen LogP contribution in [0.15, 0.2) is 12.1 Å². The van der Waals surface area contributed by atoms with E-state index >= 15 is 0 Å². The topological polar surface area (TPSA) is 36.9 Å². The summed E-state index contributed by atoms with van der Waals surface area (Å²) >= 11 is 0. The lowest BCUT2D eigenvalue weighted by atomic mass is 9.76. The maximum Gasteiger partial charge on any atom is 0.498 e. The van der Waals surface area contributed by atoms with Crippen LogP contribution in [0.2, 0.25) is 0 Å². The first-order valence-corrected chi connectivity index (χ1v) is 8.17. The summed E-state index contributed by atoms with van der Waals surface area (Å²) in [7, 11) is -0.817. The molecule has 0 atom stereocenters. The highest BCUT2D eigenvalue weighted by atomic mass is 19.4. The largest absolute Gasteiger partial charge is 0.498 e. The molecule has 0 radical (unpaired) electrons. The highest BCUT2D eigenvalue weighted by molar-refractivity contribution is 6.63. The third-order valence-electron chi connectivity index (χ3n) is 4.74. The van der Waals surface area contributed by atoms with Crippen molar-refractivity contribution in [2.75, 3.05) is 13.4 Å². The average molecular weight is 360 g/mol. The second kappa shape index (κ2) is 6.81. The average Bonchev–Trinajstić information content (AvgIpc) is 2.67. The van der Waals surface area contributed by atoms with Crippen molar-refractivity contribution in [3.63, 3.8) is 0 Å². The van der Waals surface area contributed by atoms with Crippen molar-refractivity contribution >= 4 is 12.6 Å². The Morgan fingerprint density at radius 2 is 1.64 bits per heavy atom. The summed E-state index contributed by atoms with van der Waals surface area (Å²) in [6.45, 7) is 10.9. The molecule has 25 heavy (non-hydrogen) atoms. The predicted octanol–water partition coefficient (Wildman–Crippen LogP) is 3.69. The minimum atomic E-state index is -4.47. The van der Waals surface area contributed by atoms with Crippen molar-refractivity contribution in [1.29, 1.82) is 0 Å². The fraction of sp³-hybridized carbons (Fsp3) is 0.647. The molecule has 1 aromatic carbocycles. The van der Waals surface area contributed by atoms with E-state index in [-0.39, 0.29) is 18.1 Å². The SMILES string of the molecule is CCOCOc1c(B2OC(C)(C)C(C)(C)O2)ccc(C(F)(F)F)c1C. The fourth-order valence-corrected chi connectivity index (χ4v) is 2.55. The number of alkyl halides is 3. The summed E-state index contributed by atoms with van der Waals surface area (Å²) in [6.07, 6.45) is -4.47. The van der Waals surface area contributed by atoms with Crippen LogP contribution in [0.5, 0.6) is 5.75 Å². The Balaban J connectivity index is 2.45. The van der Waals surface area contributed by atoms with E-state index in [0.717, 1.165) is 6.07 Å². The van der Waals surface area contributed by atoms with Crippen LogP contribution in [0, 0.1) is 6.92 Å². The van der Waals surface area contributed by atoms with Crippen molar-refractivity contribution in [2.45, 2.75) is 58.9 Å². The maximum atomic E-state index is 13.2. The molecule has 0 bridgehead atoms. The molecule has 8 heteroatoms. The molecule has 2 rings (SSSR count). The van der Waals surface area contributed by atoms with Gasteiger partial charge in [0.15, 0.2) is 6.79 Å². The number of hydrogen-bond donors (Lipinski definition) is 0. The summed E-state index contributed by atoms with van der Waals surface area (Å²) < 4.78 is 62.2. The molecule has 0 amide bonds. The number of benzene rings is 1. The molecule has 1 aliphatic rings. The number of hydrogen-bond acceptors (Lipinski definition) is 4. The molecule has 140 valence electrons. The Kier molecular flexibility index (Phi) is 5.47. The van der Waals surface area contributed by atoms with Gasteiger partial charge in [-0.2, -0.15) is 13.2 Å². The van der Waals surface area contributed by atoms with Gasteiger partial charge in [0.05, 0.1) is 16.8 Å². The van der Waals surface area contributed by atoms with Gasteiger partial charge in [0.1, 0.15) is 5.75 Å². The smallest absolute Gasteiger partial charge is 0.468 e. The van der Waals surface area contributed by atoms with Crippen LogP contribution >= 0.6 is 0 Å². The van der Waals surface area contributed by atoms with Gasteiger partial charge in [-0.3, -0.25) is 0 Å². The van der Waals surface area contributed by atoms with Gasteiger partial charge in [0, 0.05) is 17.6 Å². The Morgan fingerprint density at radius 3 is 2.12 bits per heavy atom. The van der Waals surface area contributed by atoms with E-state index in [0.29, 0.717) is 12.1 Å². The molecule has 0 saturated carbocycles. The van der Waals surface area contributed by atoms with E-state index < -0.39 is 30.1 Å². The Morgan fingerprint density at radius 1 is 1.08 bits per heavy atom. The summed E-state index contributed by atoms with van der Waals surface area (Å²) in [4.78, 5) is 0. The lowest BCUT2D eigenvalue weighted by Gasteiger charge is -2.32. The number of halogens is 3. The molecule has 0 aliphatic carbocycles. The summed E-state index contributed by atoms with van der Waals surface area (Å²) in [5.74, 6) is 0.0850. The Labute approximate surface area is 146 Å². The molecule has 0 N–H and O–H groups in total. The molecule has 1 saturated heterocycles. The van der Waals surface area contributed by atoms with Gasteiger partial charge in [-0.15, -0.1) is 0 Å². The third-order valence-corrected chi connectivity index (χ3v) is 4.74. The third kappa shape index (κ3) is 3.96. The lowest BCUT2D eigenvalue weighted by molar-refractivity contribution is -0.138. The van der Waals surface area contributed by atoms with Crippen molar-refractivity contribution < 1.29 is 32.0 Å². The van der Waals surface area contributed by atoms with Gasteiger partial charge in [-0.25, -0.2) is 0 Å². The van der Waals surface area contributed by atoms with Crippen molar-refractivity contribution in [3.05, 3.63) is 23.3 Å². The fourth-order valence-electron chi connectivity index (χ4n) is 2.55. The summed E-state index contributed by atoms with van der Waals surface area (Å²) in [5.41, 5.74) is -1.56. The summed E-state index contributed by atoms with van der Waals surface area (Å²) in [6, 6.07) is 2.38. The summed E-state index contributed by atoms with van der Waals surface area (Å²) in [5, 5.41) is 0. The predicted molar refractivity (Wildman–Crippen MR) is 89.0 cm³/mol. The first kappa shape index (κ1) is 20.1. The highest BCUT2D eigenvalue weighted by Crippen LogP contribution is 2.39. The molecule has 1 aromatic rings. The van der Waals surface area contributed by atoms with Gasteiger partial charge in [0.25, 0.3) is 0 Å². The zero-order valence-electron chi connectivity index (χ0n) is 15.4. The first-order chi connectivity index (χ1) is 11.4. The zero-order chi connectivity index (χ0) is 19.0. The molecular formula is C17H24BF3O4. The van der Waals surface area contributed by atoms with Crippen LogP contribution in [0.25, 0.3) is 0 Å². The molecule has 1 aliphatic heterocycles. The van der Waals surface area contributed by atoms with Crippen molar-refractivity contribution in [1.82, 2.24) is 0 Å². The van der Waals surface area contributed by atoms with Crippen LogP contribution in [-0.2, 0) is 20.2 Å². The number of ether oxygens (including phenoxy) is 2. The van der Waals surface area contributed by atoms with Gasteiger partial charge < -0.3 is 18.8 Å². The molecule has 0 unspecified atom stereocenters. The number of rotatable bonds is 5. The molecule has 0 spiro atoms. The second-order valence-electron chi connectivity index (χ2n) is 7.00. The zero-order valence-corrected chi connectivity index (χ0v) is 15.4. The first-order valence-electron chi connectivity index (χ1n) is 8.17. The van der Waals surface area contributed by atoms with Crippen LogP contribution in [0.1, 0.15) is 45.7 Å². The lowest BCUT2D eigenvalue weighted by Crippen LogP contribution is -2.41. The molecule has 1 fully saturated rings. The van der Waals surface area contributed by atoms with E-state index in [1.165, 1.54) is 13.0 Å². The molecule has 0 aromatic heterocycles.